The van der Waals surface area contributed by atoms with Crippen molar-refractivity contribution >= 4 is 5.71 Å². The second-order valence-corrected chi connectivity index (χ2v) is 4.32. The third kappa shape index (κ3) is 1.98. The van der Waals surface area contributed by atoms with Gasteiger partial charge in [0.05, 0.1) is 5.71 Å². The smallest absolute Gasteiger partial charge is 0.128 e. The number of nitrogens with zero attached hydrogens (tertiary/aromatic N) is 1. The number of benzene rings is 1. The van der Waals surface area contributed by atoms with Crippen LogP contribution in [-0.2, 0) is 6.42 Å². The normalized spacial score (nSPS) is 18.7. The molecule has 1 aromatic rings. The number of hydrogen-bond acceptors (Lipinski definition) is 4. The Kier molecular flexibility index (Phi) is 2.79. The molecule has 0 radical (unpaired) electrons. The quantitative estimate of drug-likeness (QED) is 0.357. The minimum atomic E-state index is -0.0361. The molecule has 17 heavy (non-hydrogen) atoms. The first-order valence-electron chi connectivity index (χ1n) is 5.40. The van der Waals surface area contributed by atoms with E-state index in [9.17, 15) is 5.11 Å². The fraction of sp³-hybridized carbons (Fsp3) is 0.308. The Hall–Kier alpha value is -1.97. The molecule has 0 aliphatic carbocycles. The first-order valence-corrected chi connectivity index (χ1v) is 5.40. The molecule has 0 spiro atoms. The lowest BCUT2D eigenvalue weighted by atomic mass is 10.0. The highest BCUT2D eigenvalue weighted by molar-refractivity contribution is 6.01. The van der Waals surface area contributed by atoms with Gasteiger partial charge in [0.1, 0.15) is 17.6 Å². The van der Waals surface area contributed by atoms with Gasteiger partial charge in [-0.05, 0) is 31.1 Å². The number of oxime groups is 1. The Morgan fingerprint density at radius 1 is 1.47 bits per heavy atom. The van der Waals surface area contributed by atoms with E-state index in [-0.39, 0.29) is 11.9 Å². The molecule has 90 valence electrons. The largest absolute Gasteiger partial charge is 0.507 e. The number of phenols is 1. The van der Waals surface area contributed by atoms with Crippen molar-refractivity contribution < 1.29 is 15.1 Å². The molecule has 1 heterocycles. The highest BCUT2D eigenvalue weighted by atomic mass is 16.5. The van der Waals surface area contributed by atoms with Crippen LogP contribution in [0.25, 0.3) is 0 Å². The van der Waals surface area contributed by atoms with Gasteiger partial charge in [-0.2, -0.15) is 0 Å². The molecular weight excluding hydrogens is 218 g/mol. The van der Waals surface area contributed by atoms with E-state index in [4.69, 9.17) is 9.94 Å². The second kappa shape index (κ2) is 4.13. The van der Waals surface area contributed by atoms with Crippen LogP contribution in [0, 0.1) is 0 Å². The van der Waals surface area contributed by atoms with Crippen molar-refractivity contribution in [1.82, 2.24) is 0 Å². The van der Waals surface area contributed by atoms with Crippen molar-refractivity contribution in [2.45, 2.75) is 26.4 Å². The van der Waals surface area contributed by atoms with Gasteiger partial charge >= 0.3 is 0 Å². The van der Waals surface area contributed by atoms with E-state index >= 15 is 0 Å². The molecule has 1 aromatic carbocycles. The Morgan fingerprint density at radius 3 is 2.76 bits per heavy atom. The van der Waals surface area contributed by atoms with Gasteiger partial charge < -0.3 is 15.1 Å². The lowest BCUT2D eigenvalue weighted by molar-refractivity contribution is 0.270. The summed E-state index contributed by atoms with van der Waals surface area (Å²) in [5.74, 6) is 0.728. The molecule has 2 N–H and O–H groups in total. The standard InChI is InChI=1S/C13H15NO3/c1-7(2)12-5-9-4-10(8(3)14-16)11(15)6-13(9)17-12/h4,6,12,15-16H,1,5H2,2-3H3/b14-8+. The van der Waals surface area contributed by atoms with E-state index in [1.807, 2.05) is 6.92 Å². The Balaban J connectivity index is 2.41. The van der Waals surface area contributed by atoms with Gasteiger partial charge in [0.2, 0.25) is 0 Å². The molecule has 0 amide bonds. The summed E-state index contributed by atoms with van der Waals surface area (Å²) in [5.41, 5.74) is 2.85. The average Bonchev–Trinajstić information content (AvgIpc) is 2.69. The van der Waals surface area contributed by atoms with Crippen LogP contribution in [0.15, 0.2) is 29.4 Å². The maximum atomic E-state index is 9.81. The second-order valence-electron chi connectivity index (χ2n) is 4.32. The molecule has 1 aliphatic heterocycles. The molecule has 4 nitrogen and oxygen atoms in total. The van der Waals surface area contributed by atoms with Crippen molar-refractivity contribution in [3.05, 3.63) is 35.4 Å². The van der Waals surface area contributed by atoms with Crippen LogP contribution in [0.1, 0.15) is 25.0 Å². The van der Waals surface area contributed by atoms with E-state index < -0.39 is 0 Å². The molecule has 1 unspecified atom stereocenters. The molecule has 4 heteroatoms. The van der Waals surface area contributed by atoms with Crippen LogP contribution in [-0.4, -0.2) is 22.1 Å². The fourth-order valence-corrected chi connectivity index (χ4v) is 1.90. The molecule has 0 fully saturated rings. The highest BCUT2D eigenvalue weighted by Crippen LogP contribution is 2.36. The van der Waals surface area contributed by atoms with E-state index in [2.05, 4.69) is 11.7 Å². The summed E-state index contributed by atoms with van der Waals surface area (Å²) in [6.45, 7) is 7.41. The topological polar surface area (TPSA) is 62.1 Å². The Labute approximate surface area is 99.8 Å². The summed E-state index contributed by atoms with van der Waals surface area (Å²) in [5, 5.41) is 21.6. The summed E-state index contributed by atoms with van der Waals surface area (Å²) < 4.78 is 5.66. The van der Waals surface area contributed by atoms with Crippen molar-refractivity contribution in [2.75, 3.05) is 0 Å². The number of phenolic OH excluding ortho intramolecular Hbond substituents is 1. The molecule has 1 aliphatic rings. The molecule has 1 atom stereocenters. The van der Waals surface area contributed by atoms with Gasteiger partial charge in [0, 0.05) is 18.1 Å². The van der Waals surface area contributed by atoms with Gasteiger partial charge in [-0.25, -0.2) is 0 Å². The van der Waals surface area contributed by atoms with Crippen LogP contribution in [0.3, 0.4) is 0 Å². The zero-order chi connectivity index (χ0) is 12.6. The average molecular weight is 233 g/mol. The van der Waals surface area contributed by atoms with Crippen LogP contribution in [0.4, 0.5) is 0 Å². The zero-order valence-electron chi connectivity index (χ0n) is 9.90. The molecule has 0 saturated carbocycles. The lowest BCUT2D eigenvalue weighted by Crippen LogP contribution is -2.13. The van der Waals surface area contributed by atoms with Gasteiger partial charge in [-0.1, -0.05) is 11.7 Å². The molecule has 2 rings (SSSR count). The van der Waals surface area contributed by atoms with Gasteiger partial charge in [-0.15, -0.1) is 0 Å². The van der Waals surface area contributed by atoms with Gasteiger partial charge in [0.25, 0.3) is 0 Å². The number of hydrogen-bond donors (Lipinski definition) is 2. The summed E-state index contributed by atoms with van der Waals surface area (Å²) >= 11 is 0. The number of fused-ring (bicyclic) bond motifs is 1. The van der Waals surface area contributed by atoms with Crippen molar-refractivity contribution in [2.24, 2.45) is 5.16 Å². The number of aromatic hydroxyl groups is 1. The van der Waals surface area contributed by atoms with E-state index in [0.717, 1.165) is 17.6 Å². The Morgan fingerprint density at radius 2 is 2.18 bits per heavy atom. The van der Waals surface area contributed by atoms with Gasteiger partial charge in [-0.3, -0.25) is 0 Å². The van der Waals surface area contributed by atoms with Crippen LogP contribution in [0.5, 0.6) is 11.5 Å². The van der Waals surface area contributed by atoms with Crippen LogP contribution >= 0.6 is 0 Å². The van der Waals surface area contributed by atoms with E-state index in [0.29, 0.717) is 17.0 Å². The fourth-order valence-electron chi connectivity index (χ4n) is 1.90. The van der Waals surface area contributed by atoms with E-state index in [1.54, 1.807) is 19.1 Å². The lowest BCUT2D eigenvalue weighted by Gasteiger charge is -2.09. The number of ether oxygens (including phenoxy) is 1. The predicted molar refractivity (Wildman–Crippen MR) is 65.0 cm³/mol. The monoisotopic (exact) mass is 233 g/mol. The molecule has 0 aromatic heterocycles. The summed E-state index contributed by atoms with van der Waals surface area (Å²) in [4.78, 5) is 0. The first-order chi connectivity index (χ1) is 8.02. The maximum absolute atomic E-state index is 9.81. The predicted octanol–water partition coefficient (Wildman–Crippen LogP) is 2.47. The number of rotatable bonds is 2. The van der Waals surface area contributed by atoms with Crippen LogP contribution < -0.4 is 4.74 Å². The molecule has 0 saturated heterocycles. The summed E-state index contributed by atoms with van der Waals surface area (Å²) in [6, 6.07) is 3.35. The van der Waals surface area contributed by atoms with Crippen molar-refractivity contribution in [3.8, 4) is 11.5 Å². The summed E-state index contributed by atoms with van der Waals surface area (Å²) in [6.07, 6.45) is 0.697. The van der Waals surface area contributed by atoms with Crippen molar-refractivity contribution in [3.63, 3.8) is 0 Å². The van der Waals surface area contributed by atoms with Gasteiger partial charge in [0.15, 0.2) is 0 Å². The Bertz CT molecular complexity index is 506. The molecule has 0 bridgehead atoms. The zero-order valence-corrected chi connectivity index (χ0v) is 9.90. The maximum Gasteiger partial charge on any atom is 0.128 e. The SMILES string of the molecule is C=C(C)C1Cc2cc(/C(C)=N/O)c(O)cc2O1. The molecular formula is C13H15NO3. The summed E-state index contributed by atoms with van der Waals surface area (Å²) in [7, 11) is 0. The van der Waals surface area contributed by atoms with Crippen molar-refractivity contribution in [1.29, 1.82) is 0 Å². The minimum Gasteiger partial charge on any atom is -0.507 e. The third-order valence-corrected chi connectivity index (χ3v) is 2.94. The minimum absolute atomic E-state index is 0.0361. The third-order valence-electron chi connectivity index (χ3n) is 2.94. The first kappa shape index (κ1) is 11.5. The van der Waals surface area contributed by atoms with Crippen LogP contribution in [0.2, 0.25) is 0 Å². The van der Waals surface area contributed by atoms with E-state index in [1.165, 1.54) is 0 Å². The highest BCUT2D eigenvalue weighted by Gasteiger charge is 2.25.